The van der Waals surface area contributed by atoms with Crippen LogP contribution < -0.4 is 0 Å². The first kappa shape index (κ1) is 11.5. The van der Waals surface area contributed by atoms with Crippen molar-refractivity contribution in [2.75, 3.05) is 7.11 Å². The van der Waals surface area contributed by atoms with Gasteiger partial charge in [0.15, 0.2) is 6.10 Å². The largest absolute Gasteiger partial charge is 0.479 e. The maximum absolute atomic E-state index is 11.0. The molecule has 0 amide bonds. The lowest BCUT2D eigenvalue weighted by atomic mass is 9.77. The summed E-state index contributed by atoms with van der Waals surface area (Å²) in [6.07, 6.45) is 6.01. The summed E-state index contributed by atoms with van der Waals surface area (Å²) >= 11 is 0. The normalized spacial score (nSPS) is 23.9. The molecule has 1 atom stereocenters. The monoisotopic (exact) mass is 200 g/mol. The van der Waals surface area contributed by atoms with E-state index in [1.165, 1.54) is 20.0 Å². The van der Waals surface area contributed by atoms with Crippen LogP contribution >= 0.6 is 0 Å². The number of carboxylic acids is 1. The minimum atomic E-state index is -0.822. The van der Waals surface area contributed by atoms with Gasteiger partial charge in [-0.1, -0.05) is 32.6 Å². The van der Waals surface area contributed by atoms with E-state index < -0.39 is 12.1 Å². The molecule has 1 N–H and O–H groups in total. The summed E-state index contributed by atoms with van der Waals surface area (Å²) in [5.74, 6) is -0.822. The van der Waals surface area contributed by atoms with Crippen LogP contribution in [0.15, 0.2) is 0 Å². The third-order valence-corrected chi connectivity index (χ3v) is 3.34. The van der Waals surface area contributed by atoms with E-state index in [-0.39, 0.29) is 5.41 Å². The fourth-order valence-electron chi connectivity index (χ4n) is 2.48. The number of methoxy groups -OCH3 is 1. The lowest BCUT2D eigenvalue weighted by Crippen LogP contribution is -2.39. The second kappa shape index (κ2) is 4.78. The third kappa shape index (κ3) is 2.47. The second-order valence-corrected chi connectivity index (χ2v) is 4.52. The first-order valence-corrected chi connectivity index (χ1v) is 5.36. The van der Waals surface area contributed by atoms with Crippen LogP contribution in [-0.2, 0) is 9.53 Å². The highest BCUT2D eigenvalue weighted by molar-refractivity contribution is 5.73. The molecule has 0 aromatic heterocycles. The van der Waals surface area contributed by atoms with Gasteiger partial charge in [-0.3, -0.25) is 0 Å². The molecule has 0 aromatic carbocycles. The standard InChI is InChI=1S/C11H20O3/c1-11(9(14-2)10(12)13)7-5-3-4-6-8-11/h9H,3-8H2,1-2H3,(H,12,13). The van der Waals surface area contributed by atoms with Gasteiger partial charge in [-0.25, -0.2) is 4.79 Å². The van der Waals surface area contributed by atoms with Crippen molar-refractivity contribution >= 4 is 5.97 Å². The van der Waals surface area contributed by atoms with Gasteiger partial charge < -0.3 is 9.84 Å². The van der Waals surface area contributed by atoms with E-state index in [1.807, 2.05) is 6.92 Å². The number of hydrogen-bond donors (Lipinski definition) is 1. The third-order valence-electron chi connectivity index (χ3n) is 3.34. The molecule has 0 bridgehead atoms. The highest BCUT2D eigenvalue weighted by Crippen LogP contribution is 2.38. The van der Waals surface area contributed by atoms with Gasteiger partial charge in [0.25, 0.3) is 0 Å². The van der Waals surface area contributed by atoms with Crippen LogP contribution in [0, 0.1) is 5.41 Å². The Morgan fingerprint density at radius 3 is 2.14 bits per heavy atom. The lowest BCUT2D eigenvalue weighted by Gasteiger charge is -2.33. The molecule has 1 aliphatic rings. The van der Waals surface area contributed by atoms with E-state index in [2.05, 4.69) is 0 Å². The zero-order valence-corrected chi connectivity index (χ0v) is 9.08. The predicted molar refractivity (Wildman–Crippen MR) is 54.2 cm³/mol. The Labute approximate surface area is 85.5 Å². The molecule has 82 valence electrons. The number of hydrogen-bond acceptors (Lipinski definition) is 2. The van der Waals surface area contributed by atoms with Gasteiger partial charge in [0, 0.05) is 12.5 Å². The van der Waals surface area contributed by atoms with Crippen LogP contribution in [-0.4, -0.2) is 24.3 Å². The van der Waals surface area contributed by atoms with E-state index in [9.17, 15) is 4.79 Å². The summed E-state index contributed by atoms with van der Waals surface area (Å²) in [5.41, 5.74) is -0.170. The van der Waals surface area contributed by atoms with Gasteiger partial charge in [0.05, 0.1) is 0 Å². The fourth-order valence-corrected chi connectivity index (χ4v) is 2.48. The summed E-state index contributed by atoms with van der Waals surface area (Å²) in [7, 11) is 1.49. The summed E-state index contributed by atoms with van der Waals surface area (Å²) < 4.78 is 5.11. The first-order valence-electron chi connectivity index (χ1n) is 5.36. The van der Waals surface area contributed by atoms with E-state index in [4.69, 9.17) is 9.84 Å². The zero-order valence-electron chi connectivity index (χ0n) is 9.08. The molecular weight excluding hydrogens is 180 g/mol. The van der Waals surface area contributed by atoms with Crippen LogP contribution in [0.25, 0.3) is 0 Å². The van der Waals surface area contributed by atoms with Crippen molar-refractivity contribution in [3.8, 4) is 0 Å². The Kier molecular flexibility index (Phi) is 3.93. The maximum atomic E-state index is 11.0. The van der Waals surface area contributed by atoms with Crippen molar-refractivity contribution in [3.05, 3.63) is 0 Å². The maximum Gasteiger partial charge on any atom is 0.333 e. The molecule has 1 unspecified atom stereocenters. The van der Waals surface area contributed by atoms with Crippen molar-refractivity contribution in [2.24, 2.45) is 5.41 Å². The molecule has 1 aliphatic carbocycles. The van der Waals surface area contributed by atoms with Gasteiger partial charge in [-0.05, 0) is 12.8 Å². The van der Waals surface area contributed by atoms with E-state index in [1.54, 1.807) is 0 Å². The van der Waals surface area contributed by atoms with Crippen molar-refractivity contribution in [2.45, 2.75) is 51.6 Å². The quantitative estimate of drug-likeness (QED) is 0.712. The van der Waals surface area contributed by atoms with Crippen LogP contribution in [0.5, 0.6) is 0 Å². The van der Waals surface area contributed by atoms with Crippen molar-refractivity contribution in [1.29, 1.82) is 0 Å². The van der Waals surface area contributed by atoms with Gasteiger partial charge >= 0.3 is 5.97 Å². The summed E-state index contributed by atoms with van der Waals surface area (Å²) in [4.78, 5) is 11.0. The number of rotatable bonds is 3. The Hall–Kier alpha value is -0.570. The number of aliphatic carboxylic acids is 1. The average molecular weight is 200 g/mol. The topological polar surface area (TPSA) is 46.5 Å². The van der Waals surface area contributed by atoms with Crippen LogP contribution in [0.2, 0.25) is 0 Å². The molecular formula is C11H20O3. The second-order valence-electron chi connectivity index (χ2n) is 4.52. The van der Waals surface area contributed by atoms with E-state index in [0.29, 0.717) is 0 Å². The molecule has 0 radical (unpaired) electrons. The molecule has 1 rings (SSSR count). The number of ether oxygens (including phenoxy) is 1. The highest BCUT2D eigenvalue weighted by atomic mass is 16.5. The smallest absolute Gasteiger partial charge is 0.333 e. The lowest BCUT2D eigenvalue weighted by molar-refractivity contribution is -0.157. The van der Waals surface area contributed by atoms with Crippen LogP contribution in [0.3, 0.4) is 0 Å². The Balaban J connectivity index is 2.72. The summed E-state index contributed by atoms with van der Waals surface area (Å²) in [6, 6.07) is 0. The molecule has 1 saturated carbocycles. The van der Waals surface area contributed by atoms with Gasteiger partial charge in [0.2, 0.25) is 0 Å². The molecule has 1 fully saturated rings. The summed E-state index contributed by atoms with van der Waals surface area (Å²) in [6.45, 7) is 2.04. The molecule has 3 heteroatoms. The van der Waals surface area contributed by atoms with Gasteiger partial charge in [-0.15, -0.1) is 0 Å². The molecule has 3 nitrogen and oxygen atoms in total. The molecule has 0 saturated heterocycles. The fraction of sp³-hybridized carbons (Fsp3) is 0.909. The predicted octanol–water partition coefficient (Wildman–Crippen LogP) is 2.45. The molecule has 0 aliphatic heterocycles. The van der Waals surface area contributed by atoms with E-state index >= 15 is 0 Å². The minimum Gasteiger partial charge on any atom is -0.479 e. The number of carboxylic acid groups (broad SMARTS) is 1. The first-order chi connectivity index (χ1) is 6.60. The van der Waals surface area contributed by atoms with Crippen molar-refractivity contribution < 1.29 is 14.6 Å². The van der Waals surface area contributed by atoms with Crippen molar-refractivity contribution in [1.82, 2.24) is 0 Å². The molecule has 0 heterocycles. The molecule has 0 spiro atoms. The van der Waals surface area contributed by atoms with Crippen molar-refractivity contribution in [3.63, 3.8) is 0 Å². The van der Waals surface area contributed by atoms with Crippen LogP contribution in [0.1, 0.15) is 45.4 Å². The average Bonchev–Trinajstić information content (AvgIpc) is 2.31. The van der Waals surface area contributed by atoms with Gasteiger partial charge in [-0.2, -0.15) is 0 Å². The van der Waals surface area contributed by atoms with Crippen LogP contribution in [0.4, 0.5) is 0 Å². The highest BCUT2D eigenvalue weighted by Gasteiger charge is 2.39. The minimum absolute atomic E-state index is 0.170. The van der Waals surface area contributed by atoms with Gasteiger partial charge in [0.1, 0.15) is 0 Å². The van der Waals surface area contributed by atoms with E-state index in [0.717, 1.165) is 25.7 Å². The molecule has 0 aromatic rings. The zero-order chi connectivity index (χ0) is 10.6. The number of carbonyl (C=O) groups is 1. The Morgan fingerprint density at radius 1 is 1.29 bits per heavy atom. The SMILES string of the molecule is COC(C(=O)O)C1(C)CCCCCC1. The Morgan fingerprint density at radius 2 is 1.79 bits per heavy atom. The Bertz CT molecular complexity index is 193. The molecule has 14 heavy (non-hydrogen) atoms. The summed E-state index contributed by atoms with van der Waals surface area (Å²) in [5, 5.41) is 9.06.